The van der Waals surface area contributed by atoms with E-state index in [-0.39, 0.29) is 17.9 Å². The standard InChI is InChI=1S/C13H19NO2S/c1-9-7-11(17-10(9)2)12(16)14-8-13(3-4-13)5-6-15/h7,15H,3-6,8H2,1-2H3,(H,14,16). The van der Waals surface area contributed by atoms with E-state index in [2.05, 4.69) is 5.32 Å². The van der Waals surface area contributed by atoms with Gasteiger partial charge in [-0.05, 0) is 50.2 Å². The predicted molar refractivity (Wildman–Crippen MR) is 69.5 cm³/mol. The van der Waals surface area contributed by atoms with Gasteiger partial charge in [0, 0.05) is 18.0 Å². The molecule has 0 unspecified atom stereocenters. The first-order valence-electron chi connectivity index (χ1n) is 6.02. The van der Waals surface area contributed by atoms with Crippen LogP contribution < -0.4 is 5.32 Å². The van der Waals surface area contributed by atoms with Crippen LogP contribution in [0.1, 0.15) is 39.4 Å². The number of carbonyl (C=O) groups excluding carboxylic acids is 1. The van der Waals surface area contributed by atoms with Gasteiger partial charge >= 0.3 is 0 Å². The van der Waals surface area contributed by atoms with Gasteiger partial charge in [-0.15, -0.1) is 11.3 Å². The normalized spacial score (nSPS) is 16.9. The summed E-state index contributed by atoms with van der Waals surface area (Å²) < 4.78 is 0. The number of amides is 1. The number of rotatable bonds is 5. The van der Waals surface area contributed by atoms with Crippen LogP contribution in [0.5, 0.6) is 0 Å². The number of carbonyl (C=O) groups is 1. The summed E-state index contributed by atoms with van der Waals surface area (Å²) in [6.07, 6.45) is 3.04. The fourth-order valence-electron chi connectivity index (χ4n) is 1.97. The van der Waals surface area contributed by atoms with E-state index in [1.807, 2.05) is 19.9 Å². The van der Waals surface area contributed by atoms with Gasteiger partial charge in [0.05, 0.1) is 4.88 Å². The van der Waals surface area contributed by atoms with Crippen LogP contribution in [-0.4, -0.2) is 24.2 Å². The second kappa shape index (κ2) is 4.78. The van der Waals surface area contributed by atoms with E-state index in [1.54, 1.807) is 11.3 Å². The summed E-state index contributed by atoms with van der Waals surface area (Å²) in [5.74, 6) is 0.0235. The zero-order valence-electron chi connectivity index (χ0n) is 10.4. The summed E-state index contributed by atoms with van der Waals surface area (Å²) in [6, 6.07) is 1.95. The molecule has 1 saturated carbocycles. The van der Waals surface area contributed by atoms with E-state index in [9.17, 15) is 4.79 Å². The van der Waals surface area contributed by atoms with Gasteiger partial charge in [0.25, 0.3) is 5.91 Å². The topological polar surface area (TPSA) is 49.3 Å². The van der Waals surface area contributed by atoms with E-state index in [0.717, 1.165) is 24.1 Å². The van der Waals surface area contributed by atoms with Gasteiger partial charge in [-0.3, -0.25) is 4.79 Å². The molecule has 1 fully saturated rings. The molecule has 0 radical (unpaired) electrons. The van der Waals surface area contributed by atoms with Gasteiger partial charge in [0.1, 0.15) is 0 Å². The number of aliphatic hydroxyl groups is 1. The minimum Gasteiger partial charge on any atom is -0.396 e. The minimum absolute atomic E-state index is 0.0235. The molecule has 4 heteroatoms. The fraction of sp³-hybridized carbons (Fsp3) is 0.615. The lowest BCUT2D eigenvalue weighted by molar-refractivity contribution is 0.0945. The second-order valence-electron chi connectivity index (χ2n) is 5.01. The first-order valence-corrected chi connectivity index (χ1v) is 6.84. The lowest BCUT2D eigenvalue weighted by Crippen LogP contribution is -2.30. The minimum atomic E-state index is 0.0235. The van der Waals surface area contributed by atoms with Crippen molar-refractivity contribution in [3.63, 3.8) is 0 Å². The third kappa shape index (κ3) is 2.87. The number of aliphatic hydroxyl groups excluding tert-OH is 1. The van der Waals surface area contributed by atoms with Crippen molar-refractivity contribution >= 4 is 17.2 Å². The Bertz CT molecular complexity index is 402. The summed E-state index contributed by atoms with van der Waals surface area (Å²) >= 11 is 1.55. The van der Waals surface area contributed by atoms with Crippen LogP contribution in [0.15, 0.2) is 6.07 Å². The molecule has 1 aliphatic carbocycles. The quantitative estimate of drug-likeness (QED) is 0.845. The molecule has 3 nitrogen and oxygen atoms in total. The smallest absolute Gasteiger partial charge is 0.261 e. The number of aryl methyl sites for hydroxylation is 2. The van der Waals surface area contributed by atoms with E-state index in [0.29, 0.717) is 6.54 Å². The number of nitrogens with one attached hydrogen (secondary N) is 1. The van der Waals surface area contributed by atoms with Crippen molar-refractivity contribution in [2.24, 2.45) is 5.41 Å². The molecule has 94 valence electrons. The Morgan fingerprint density at radius 3 is 2.71 bits per heavy atom. The van der Waals surface area contributed by atoms with Crippen molar-refractivity contribution in [1.82, 2.24) is 5.32 Å². The molecule has 0 aromatic carbocycles. The maximum atomic E-state index is 11.9. The fourth-order valence-corrected chi connectivity index (χ4v) is 2.92. The Labute approximate surface area is 106 Å². The number of thiophene rings is 1. The summed E-state index contributed by atoms with van der Waals surface area (Å²) in [7, 11) is 0. The summed E-state index contributed by atoms with van der Waals surface area (Å²) in [5, 5.41) is 11.9. The van der Waals surface area contributed by atoms with Crippen LogP contribution in [-0.2, 0) is 0 Å². The molecule has 2 N–H and O–H groups in total. The highest BCUT2D eigenvalue weighted by atomic mass is 32.1. The molecule has 0 atom stereocenters. The van der Waals surface area contributed by atoms with Crippen LogP contribution in [0.25, 0.3) is 0 Å². The second-order valence-corrected chi connectivity index (χ2v) is 6.26. The highest BCUT2D eigenvalue weighted by molar-refractivity contribution is 7.14. The van der Waals surface area contributed by atoms with Crippen molar-refractivity contribution in [3.8, 4) is 0 Å². The van der Waals surface area contributed by atoms with Gasteiger partial charge in [-0.2, -0.15) is 0 Å². The van der Waals surface area contributed by atoms with Gasteiger partial charge in [0.15, 0.2) is 0 Å². The molecule has 0 aliphatic heterocycles. The van der Waals surface area contributed by atoms with E-state index < -0.39 is 0 Å². The molecule has 1 aromatic heterocycles. The molecule has 1 amide bonds. The van der Waals surface area contributed by atoms with Gasteiger partial charge in [0.2, 0.25) is 0 Å². The first-order chi connectivity index (χ1) is 8.06. The van der Waals surface area contributed by atoms with Gasteiger partial charge in [-0.1, -0.05) is 0 Å². The largest absolute Gasteiger partial charge is 0.396 e. The Kier molecular flexibility index (Phi) is 3.54. The molecule has 0 spiro atoms. The predicted octanol–water partition coefficient (Wildman–Crippen LogP) is 2.26. The number of hydrogen-bond donors (Lipinski definition) is 2. The lowest BCUT2D eigenvalue weighted by atomic mass is 10.0. The Morgan fingerprint density at radius 1 is 1.53 bits per heavy atom. The SMILES string of the molecule is Cc1cc(C(=O)NCC2(CCO)CC2)sc1C. The molecule has 1 heterocycles. The number of hydrogen-bond acceptors (Lipinski definition) is 3. The van der Waals surface area contributed by atoms with Crippen LogP contribution in [0.3, 0.4) is 0 Å². The summed E-state index contributed by atoms with van der Waals surface area (Å²) in [6.45, 7) is 4.97. The monoisotopic (exact) mass is 253 g/mol. The maximum Gasteiger partial charge on any atom is 0.261 e. The van der Waals surface area contributed by atoms with E-state index in [1.165, 1.54) is 10.4 Å². The van der Waals surface area contributed by atoms with Crippen molar-refractivity contribution in [2.75, 3.05) is 13.2 Å². The zero-order valence-corrected chi connectivity index (χ0v) is 11.2. The Hall–Kier alpha value is -0.870. The summed E-state index contributed by atoms with van der Waals surface area (Å²) in [4.78, 5) is 13.9. The molecule has 1 aliphatic rings. The van der Waals surface area contributed by atoms with Crippen LogP contribution in [0, 0.1) is 19.3 Å². The average molecular weight is 253 g/mol. The third-order valence-corrected chi connectivity index (χ3v) is 4.76. The van der Waals surface area contributed by atoms with E-state index in [4.69, 9.17) is 5.11 Å². The third-order valence-electron chi connectivity index (χ3n) is 3.61. The summed E-state index contributed by atoms with van der Waals surface area (Å²) in [5.41, 5.74) is 1.36. The first kappa shape index (κ1) is 12.6. The highest BCUT2D eigenvalue weighted by Gasteiger charge is 2.41. The van der Waals surface area contributed by atoms with E-state index >= 15 is 0 Å². The van der Waals surface area contributed by atoms with Crippen molar-refractivity contribution in [2.45, 2.75) is 33.1 Å². The molecular weight excluding hydrogens is 234 g/mol. The van der Waals surface area contributed by atoms with Crippen molar-refractivity contribution in [1.29, 1.82) is 0 Å². The Balaban J connectivity index is 1.89. The molecule has 1 aromatic rings. The Morgan fingerprint density at radius 2 is 2.24 bits per heavy atom. The molecular formula is C13H19NO2S. The average Bonchev–Trinajstić information content (AvgIpc) is 2.97. The highest BCUT2D eigenvalue weighted by Crippen LogP contribution is 2.47. The molecule has 0 bridgehead atoms. The zero-order chi connectivity index (χ0) is 12.5. The van der Waals surface area contributed by atoms with Crippen LogP contribution in [0.2, 0.25) is 0 Å². The maximum absolute atomic E-state index is 11.9. The van der Waals surface area contributed by atoms with Crippen molar-refractivity contribution in [3.05, 3.63) is 21.4 Å². The van der Waals surface area contributed by atoms with Gasteiger partial charge < -0.3 is 10.4 Å². The van der Waals surface area contributed by atoms with Gasteiger partial charge in [-0.25, -0.2) is 0 Å². The molecule has 0 saturated heterocycles. The molecule has 17 heavy (non-hydrogen) atoms. The van der Waals surface area contributed by atoms with Crippen molar-refractivity contribution < 1.29 is 9.90 Å². The van der Waals surface area contributed by atoms with Crippen LogP contribution >= 0.6 is 11.3 Å². The molecule has 2 rings (SSSR count). The lowest BCUT2D eigenvalue weighted by Gasteiger charge is -2.13. The van der Waals surface area contributed by atoms with Crippen LogP contribution in [0.4, 0.5) is 0 Å².